The van der Waals surface area contributed by atoms with Gasteiger partial charge in [-0.1, -0.05) is 18.2 Å². The molecule has 7 heteroatoms. The molecule has 3 rings (SSSR count). The summed E-state index contributed by atoms with van der Waals surface area (Å²) in [6.45, 7) is 4.77. The number of ether oxygens (including phenoxy) is 2. The lowest BCUT2D eigenvalue weighted by Crippen LogP contribution is -2.51. The fourth-order valence-electron chi connectivity index (χ4n) is 3.10. The van der Waals surface area contributed by atoms with Crippen LogP contribution in [0.4, 0.5) is 0 Å². The van der Waals surface area contributed by atoms with Crippen molar-refractivity contribution in [3.8, 4) is 5.75 Å². The summed E-state index contributed by atoms with van der Waals surface area (Å²) in [6.07, 6.45) is -0.202. The average molecular weight is 364 g/mol. The van der Waals surface area contributed by atoms with Gasteiger partial charge in [0, 0.05) is 19.6 Å². The summed E-state index contributed by atoms with van der Waals surface area (Å²) in [5.41, 5.74) is 0.913. The molecule has 0 spiro atoms. The minimum Gasteiger partial charge on any atom is -0.497 e. The molecule has 1 heterocycles. The van der Waals surface area contributed by atoms with Gasteiger partial charge >= 0.3 is 0 Å². The Bertz CT molecular complexity index is 843. The van der Waals surface area contributed by atoms with Crippen LogP contribution in [0.15, 0.2) is 36.4 Å². The average Bonchev–Trinajstić information content (AvgIpc) is 2.58. The van der Waals surface area contributed by atoms with E-state index in [1.807, 2.05) is 50.2 Å². The molecule has 2 aromatic carbocycles. The maximum absolute atomic E-state index is 12.5. The first-order chi connectivity index (χ1) is 11.9. The van der Waals surface area contributed by atoms with Gasteiger partial charge in [-0.2, -0.15) is 17.4 Å². The van der Waals surface area contributed by atoms with Crippen LogP contribution < -0.4 is 9.46 Å². The van der Waals surface area contributed by atoms with Crippen LogP contribution in [-0.2, 0) is 21.5 Å². The van der Waals surface area contributed by atoms with E-state index in [1.165, 1.54) is 4.31 Å². The number of rotatable bonds is 5. The first kappa shape index (κ1) is 18.1. The van der Waals surface area contributed by atoms with Crippen molar-refractivity contribution in [2.45, 2.75) is 32.6 Å². The third-order valence-corrected chi connectivity index (χ3v) is 5.78. The number of nitrogens with one attached hydrogen (secondary N) is 1. The molecule has 0 bridgehead atoms. The van der Waals surface area contributed by atoms with E-state index in [0.29, 0.717) is 13.1 Å². The molecular weight excluding hydrogens is 340 g/mol. The van der Waals surface area contributed by atoms with E-state index in [1.54, 1.807) is 7.11 Å². The van der Waals surface area contributed by atoms with E-state index in [4.69, 9.17) is 9.47 Å². The summed E-state index contributed by atoms with van der Waals surface area (Å²) >= 11 is 0. The summed E-state index contributed by atoms with van der Waals surface area (Å²) in [4.78, 5) is 0. The van der Waals surface area contributed by atoms with Crippen LogP contribution >= 0.6 is 0 Å². The number of benzene rings is 2. The molecule has 2 atom stereocenters. The van der Waals surface area contributed by atoms with E-state index < -0.39 is 10.2 Å². The molecule has 1 saturated heterocycles. The zero-order chi connectivity index (χ0) is 18.0. The second kappa shape index (κ2) is 7.29. The number of hydrogen-bond donors (Lipinski definition) is 1. The molecule has 1 aliphatic rings. The van der Waals surface area contributed by atoms with Crippen molar-refractivity contribution in [3.05, 3.63) is 42.0 Å². The van der Waals surface area contributed by atoms with Crippen molar-refractivity contribution in [1.82, 2.24) is 9.03 Å². The van der Waals surface area contributed by atoms with Gasteiger partial charge < -0.3 is 9.47 Å². The van der Waals surface area contributed by atoms with Crippen molar-refractivity contribution in [2.24, 2.45) is 0 Å². The molecule has 0 amide bonds. The number of fused-ring (bicyclic) bond motifs is 1. The number of morpholine rings is 1. The molecule has 2 aromatic rings. The van der Waals surface area contributed by atoms with Crippen molar-refractivity contribution in [3.63, 3.8) is 0 Å². The summed E-state index contributed by atoms with van der Waals surface area (Å²) < 4.78 is 40.0. The van der Waals surface area contributed by atoms with Crippen LogP contribution in [0.25, 0.3) is 10.8 Å². The predicted octanol–water partition coefficient (Wildman–Crippen LogP) is 2.29. The van der Waals surface area contributed by atoms with Gasteiger partial charge in [0.15, 0.2) is 0 Å². The molecule has 25 heavy (non-hydrogen) atoms. The topological polar surface area (TPSA) is 67.9 Å². The highest BCUT2D eigenvalue weighted by Crippen LogP contribution is 2.22. The van der Waals surface area contributed by atoms with Crippen LogP contribution in [0.3, 0.4) is 0 Å². The van der Waals surface area contributed by atoms with Crippen molar-refractivity contribution in [1.29, 1.82) is 0 Å². The Kier molecular flexibility index (Phi) is 5.29. The lowest BCUT2D eigenvalue weighted by molar-refractivity contribution is -0.0444. The van der Waals surface area contributed by atoms with Gasteiger partial charge in [-0.05, 0) is 48.4 Å². The first-order valence-corrected chi connectivity index (χ1v) is 9.78. The van der Waals surface area contributed by atoms with Crippen molar-refractivity contribution >= 4 is 21.0 Å². The quantitative estimate of drug-likeness (QED) is 0.884. The van der Waals surface area contributed by atoms with Gasteiger partial charge in [-0.3, -0.25) is 0 Å². The Hall–Kier alpha value is -1.67. The van der Waals surface area contributed by atoms with Crippen LogP contribution in [0.5, 0.6) is 5.75 Å². The molecule has 1 N–H and O–H groups in total. The molecule has 0 aromatic heterocycles. The normalized spacial score (nSPS) is 22.2. The van der Waals surface area contributed by atoms with Gasteiger partial charge in [-0.15, -0.1) is 0 Å². The second-order valence-electron chi connectivity index (χ2n) is 6.45. The highest BCUT2D eigenvalue weighted by atomic mass is 32.2. The second-order valence-corrected chi connectivity index (χ2v) is 8.20. The van der Waals surface area contributed by atoms with Gasteiger partial charge in [0.05, 0.1) is 19.3 Å². The van der Waals surface area contributed by atoms with Gasteiger partial charge in [0.1, 0.15) is 5.75 Å². The molecule has 1 aliphatic heterocycles. The zero-order valence-corrected chi connectivity index (χ0v) is 15.5. The Labute approximate surface area is 148 Å². The van der Waals surface area contributed by atoms with Crippen LogP contribution in [-0.4, -0.2) is 45.1 Å². The standard InChI is InChI=1S/C18H24N2O4S/c1-13-11-20(12-14(2)24-13)25(21,22)19-10-15-4-5-17-9-18(23-3)7-6-16(17)8-15/h4-9,13-14,19H,10-12H2,1-3H3. The van der Waals surface area contributed by atoms with Crippen LogP contribution in [0, 0.1) is 0 Å². The minimum absolute atomic E-state index is 0.101. The third kappa shape index (κ3) is 4.30. The van der Waals surface area contributed by atoms with E-state index in [0.717, 1.165) is 22.1 Å². The van der Waals surface area contributed by atoms with Crippen LogP contribution in [0.2, 0.25) is 0 Å². The highest BCUT2D eigenvalue weighted by Gasteiger charge is 2.30. The fraction of sp³-hybridized carbons (Fsp3) is 0.444. The fourth-order valence-corrected chi connectivity index (χ4v) is 4.45. The Morgan fingerprint density at radius 1 is 1.12 bits per heavy atom. The Morgan fingerprint density at radius 3 is 2.44 bits per heavy atom. The predicted molar refractivity (Wildman–Crippen MR) is 97.8 cm³/mol. The van der Waals surface area contributed by atoms with Crippen molar-refractivity contribution in [2.75, 3.05) is 20.2 Å². The molecule has 2 unspecified atom stereocenters. The van der Waals surface area contributed by atoms with Gasteiger partial charge in [0.25, 0.3) is 10.2 Å². The number of nitrogens with zero attached hydrogens (tertiary/aromatic N) is 1. The van der Waals surface area contributed by atoms with E-state index in [9.17, 15) is 8.42 Å². The first-order valence-electron chi connectivity index (χ1n) is 8.34. The molecule has 6 nitrogen and oxygen atoms in total. The molecule has 0 radical (unpaired) electrons. The zero-order valence-electron chi connectivity index (χ0n) is 14.7. The maximum atomic E-state index is 12.5. The van der Waals surface area contributed by atoms with Gasteiger partial charge in [0.2, 0.25) is 0 Å². The Morgan fingerprint density at radius 2 is 1.76 bits per heavy atom. The highest BCUT2D eigenvalue weighted by molar-refractivity contribution is 7.87. The largest absolute Gasteiger partial charge is 0.497 e. The van der Waals surface area contributed by atoms with Crippen LogP contribution in [0.1, 0.15) is 19.4 Å². The van der Waals surface area contributed by atoms with E-state index >= 15 is 0 Å². The molecule has 0 aliphatic carbocycles. The summed E-state index contributed by atoms with van der Waals surface area (Å²) in [5, 5.41) is 2.10. The SMILES string of the molecule is COc1ccc2cc(CNS(=O)(=O)N3CC(C)OC(C)C3)ccc2c1. The summed E-state index contributed by atoms with van der Waals surface area (Å²) in [7, 11) is -1.89. The minimum atomic E-state index is -3.53. The smallest absolute Gasteiger partial charge is 0.279 e. The van der Waals surface area contributed by atoms with E-state index in [-0.39, 0.29) is 18.8 Å². The number of hydrogen-bond acceptors (Lipinski definition) is 4. The molecule has 1 fully saturated rings. The van der Waals surface area contributed by atoms with Crippen molar-refractivity contribution < 1.29 is 17.9 Å². The molecule has 0 saturated carbocycles. The lowest BCUT2D eigenvalue weighted by Gasteiger charge is -2.34. The Balaban J connectivity index is 1.71. The lowest BCUT2D eigenvalue weighted by atomic mass is 10.1. The molecular formula is C18H24N2O4S. The van der Waals surface area contributed by atoms with E-state index in [2.05, 4.69) is 4.72 Å². The third-order valence-electron chi connectivity index (χ3n) is 4.30. The molecule has 136 valence electrons. The summed E-state index contributed by atoms with van der Waals surface area (Å²) in [5.74, 6) is 0.802. The van der Waals surface area contributed by atoms with Gasteiger partial charge in [-0.25, -0.2) is 0 Å². The number of methoxy groups -OCH3 is 1. The summed E-state index contributed by atoms with van der Waals surface area (Å²) in [6, 6.07) is 11.7. The maximum Gasteiger partial charge on any atom is 0.279 e. The monoisotopic (exact) mass is 364 g/mol.